The molecule has 0 amide bonds. The summed E-state index contributed by atoms with van der Waals surface area (Å²) in [5, 5.41) is 96.0. The summed E-state index contributed by atoms with van der Waals surface area (Å²) in [5.74, 6) is -0.954. The first-order valence-corrected chi connectivity index (χ1v) is 20.9. The monoisotopic (exact) mass is 796 g/mol. The lowest BCUT2D eigenvalue weighted by Crippen LogP contribution is -2.68. The number of allylic oxidation sites excluding steroid dienone is 2. The summed E-state index contributed by atoms with van der Waals surface area (Å²) in [6.45, 7) is 15.2. The molecule has 2 unspecified atom stereocenters. The summed E-state index contributed by atoms with van der Waals surface area (Å²) in [7, 11) is 0. The van der Waals surface area contributed by atoms with Gasteiger partial charge in [-0.1, -0.05) is 60.1 Å². The number of hydrogen-bond acceptors (Lipinski definition) is 13. The van der Waals surface area contributed by atoms with Crippen molar-refractivity contribution in [2.45, 2.75) is 180 Å². The van der Waals surface area contributed by atoms with Gasteiger partial charge in [-0.3, -0.25) is 0 Å². The van der Waals surface area contributed by atoms with Crippen LogP contribution in [0.4, 0.5) is 0 Å². The molecule has 6 fully saturated rings. The number of hydrogen-bond donors (Lipinski definition) is 9. The van der Waals surface area contributed by atoms with Crippen LogP contribution in [-0.4, -0.2) is 139 Å². The molecule has 0 aromatic heterocycles. The molecule has 0 aromatic carbocycles. The largest absolute Gasteiger partial charge is 0.479 e. The second kappa shape index (κ2) is 14.4. The molecule has 2 heterocycles. The van der Waals surface area contributed by atoms with Crippen molar-refractivity contribution in [2.75, 3.05) is 13.2 Å². The molecule has 2 aliphatic heterocycles. The van der Waals surface area contributed by atoms with Gasteiger partial charge in [0.05, 0.1) is 25.4 Å². The molecule has 20 atom stereocenters. The van der Waals surface area contributed by atoms with Crippen molar-refractivity contribution in [3.63, 3.8) is 0 Å². The third-order valence-electron chi connectivity index (χ3n) is 17.4. The fraction of sp³-hybridized carbons (Fsp3) is 0.929. The van der Waals surface area contributed by atoms with Crippen LogP contribution < -0.4 is 0 Å². The van der Waals surface area contributed by atoms with E-state index in [2.05, 4.69) is 47.6 Å². The number of aliphatic hydroxyl groups excluding tert-OH is 8. The number of ether oxygens (including phenoxy) is 4. The lowest BCUT2D eigenvalue weighted by atomic mass is 9.33. The minimum atomic E-state index is -1.97. The van der Waals surface area contributed by atoms with Crippen molar-refractivity contribution >= 4 is 5.97 Å². The van der Waals surface area contributed by atoms with E-state index in [-0.39, 0.29) is 45.7 Å². The zero-order chi connectivity index (χ0) is 41.1. The Morgan fingerprint density at radius 3 is 2.09 bits per heavy atom. The van der Waals surface area contributed by atoms with E-state index in [1.165, 1.54) is 5.57 Å². The van der Waals surface area contributed by atoms with Crippen LogP contribution in [0.5, 0.6) is 0 Å². The molecule has 2 saturated heterocycles. The molecular formula is C42H68O14. The normalized spacial score (nSPS) is 55.5. The number of fused-ring (bicyclic) bond motifs is 7. The highest BCUT2D eigenvalue weighted by atomic mass is 16.8. The van der Waals surface area contributed by atoms with Crippen molar-refractivity contribution in [1.29, 1.82) is 0 Å². The van der Waals surface area contributed by atoms with Gasteiger partial charge in [0.1, 0.15) is 42.7 Å². The highest BCUT2D eigenvalue weighted by molar-refractivity contribution is 5.73. The Hall–Kier alpha value is -1.27. The quantitative estimate of drug-likeness (QED) is 0.132. The molecule has 7 rings (SSSR count). The molecule has 320 valence electrons. The van der Waals surface area contributed by atoms with Gasteiger partial charge < -0.3 is 64.9 Å². The number of rotatable bonds is 7. The SMILES string of the molecule is CC1(C)C[C@@H](O)[C@]2(C)CC[C@]3(C)C(=CCC4[C@@]5(C)CC[C@H](O[C@@H]6O[C@H](C(=O)O)[C@@H](O)[C@H](O)[C@H]6O[C@@H]6O[C@H](CO)[C@H](O)[C@H](O)[C@H]6O)[C@](C)(CO)C5CC[C@]43C)[C@@H]2C1. The summed E-state index contributed by atoms with van der Waals surface area (Å²) in [6, 6.07) is 0. The van der Waals surface area contributed by atoms with Crippen LogP contribution in [0.1, 0.15) is 106 Å². The van der Waals surface area contributed by atoms with Crippen LogP contribution in [0.2, 0.25) is 0 Å². The molecular weight excluding hydrogens is 728 g/mol. The summed E-state index contributed by atoms with van der Waals surface area (Å²) in [5.41, 5.74) is 0.271. The first-order valence-electron chi connectivity index (χ1n) is 20.9. The van der Waals surface area contributed by atoms with E-state index in [0.29, 0.717) is 18.3 Å². The summed E-state index contributed by atoms with van der Waals surface area (Å²) >= 11 is 0. The van der Waals surface area contributed by atoms with Crippen molar-refractivity contribution < 1.29 is 69.7 Å². The third kappa shape index (κ3) is 6.21. The van der Waals surface area contributed by atoms with Gasteiger partial charge in [-0.15, -0.1) is 0 Å². The fourth-order valence-electron chi connectivity index (χ4n) is 13.7. The van der Waals surface area contributed by atoms with Gasteiger partial charge in [0.25, 0.3) is 0 Å². The van der Waals surface area contributed by atoms with Crippen LogP contribution in [0.3, 0.4) is 0 Å². The lowest BCUT2D eigenvalue weighted by Gasteiger charge is -2.72. The molecule has 9 N–H and O–H groups in total. The van der Waals surface area contributed by atoms with E-state index in [0.717, 1.165) is 51.4 Å². The third-order valence-corrected chi connectivity index (χ3v) is 17.4. The van der Waals surface area contributed by atoms with Gasteiger partial charge in [-0.25, -0.2) is 4.79 Å². The van der Waals surface area contributed by atoms with Gasteiger partial charge in [0, 0.05) is 10.8 Å². The Labute approximate surface area is 330 Å². The number of aliphatic carboxylic acids is 1. The van der Waals surface area contributed by atoms with Crippen molar-refractivity contribution in [3.8, 4) is 0 Å². The molecule has 56 heavy (non-hydrogen) atoms. The summed E-state index contributed by atoms with van der Waals surface area (Å²) < 4.78 is 23.8. The second-order valence-electron chi connectivity index (χ2n) is 20.8. The maximum Gasteiger partial charge on any atom is 0.335 e. The van der Waals surface area contributed by atoms with E-state index >= 15 is 0 Å². The molecule has 4 saturated carbocycles. The molecule has 0 aromatic rings. The molecule has 5 aliphatic carbocycles. The second-order valence-corrected chi connectivity index (χ2v) is 20.8. The van der Waals surface area contributed by atoms with Crippen LogP contribution in [0, 0.1) is 50.2 Å². The number of carboxylic acid groups (broad SMARTS) is 1. The zero-order valence-corrected chi connectivity index (χ0v) is 34.1. The predicted octanol–water partition coefficient (Wildman–Crippen LogP) is 1.85. The number of aliphatic hydroxyl groups is 8. The van der Waals surface area contributed by atoms with E-state index in [9.17, 15) is 50.8 Å². The Balaban J connectivity index is 1.17. The maximum absolute atomic E-state index is 12.2. The topological polar surface area (TPSA) is 236 Å². The Morgan fingerprint density at radius 2 is 1.45 bits per heavy atom. The van der Waals surface area contributed by atoms with Gasteiger partial charge in [-0.05, 0) is 97.2 Å². The average molecular weight is 797 g/mol. The van der Waals surface area contributed by atoms with Crippen LogP contribution >= 0.6 is 0 Å². The molecule has 7 aliphatic rings. The first kappa shape index (κ1) is 42.8. The van der Waals surface area contributed by atoms with Gasteiger partial charge in [-0.2, -0.15) is 0 Å². The van der Waals surface area contributed by atoms with Crippen molar-refractivity contribution in [1.82, 2.24) is 0 Å². The highest BCUT2D eigenvalue weighted by Crippen LogP contribution is 2.76. The Kier molecular flexibility index (Phi) is 11.0. The van der Waals surface area contributed by atoms with E-state index in [4.69, 9.17) is 18.9 Å². The predicted molar refractivity (Wildman–Crippen MR) is 199 cm³/mol. The molecule has 0 spiro atoms. The lowest BCUT2D eigenvalue weighted by molar-refractivity contribution is -0.375. The molecule has 14 heteroatoms. The van der Waals surface area contributed by atoms with Gasteiger partial charge in [0.15, 0.2) is 18.7 Å². The highest BCUT2D eigenvalue weighted by Gasteiger charge is 2.69. The minimum Gasteiger partial charge on any atom is -0.479 e. The number of carboxylic acids is 1. The van der Waals surface area contributed by atoms with E-state index < -0.39 is 85.5 Å². The maximum atomic E-state index is 12.2. The average Bonchev–Trinajstić information content (AvgIpc) is 3.13. The summed E-state index contributed by atoms with van der Waals surface area (Å²) in [6.07, 6.45) is -8.23. The Morgan fingerprint density at radius 1 is 0.750 bits per heavy atom. The van der Waals surface area contributed by atoms with Crippen molar-refractivity contribution in [3.05, 3.63) is 11.6 Å². The smallest absolute Gasteiger partial charge is 0.335 e. The molecule has 0 bridgehead atoms. The first-order chi connectivity index (χ1) is 26.0. The fourth-order valence-corrected chi connectivity index (χ4v) is 13.7. The molecule has 0 radical (unpaired) electrons. The zero-order valence-electron chi connectivity index (χ0n) is 34.1. The minimum absolute atomic E-state index is 0.0149. The van der Waals surface area contributed by atoms with Gasteiger partial charge >= 0.3 is 5.97 Å². The van der Waals surface area contributed by atoms with Crippen LogP contribution in [-0.2, 0) is 23.7 Å². The Bertz CT molecular complexity index is 1520. The van der Waals surface area contributed by atoms with E-state index in [1.807, 2.05) is 6.92 Å². The molecule has 14 nitrogen and oxygen atoms in total. The summed E-state index contributed by atoms with van der Waals surface area (Å²) in [4.78, 5) is 12.2. The van der Waals surface area contributed by atoms with Crippen LogP contribution in [0.25, 0.3) is 0 Å². The van der Waals surface area contributed by atoms with Crippen molar-refractivity contribution in [2.24, 2.45) is 50.2 Å². The standard InChI is InChI=1S/C42H68O14/c1-37(2)16-21-20-8-9-24-39(4)12-11-26(40(5,19-44)23(39)10-13-42(24,7)41(20,6)15-14-38(21,3)25(45)17-37)54-36-33(30(49)29(48)32(55-36)34(51)52)56-35-31(50)28(47)27(46)22(18-43)53-35/h8,21-33,35-36,43-50H,9-19H2,1-7H3,(H,51,52)/t21-,22+,23?,24?,25+,26-,27-,28-,29-,30-,31+,32-,33+,35-,36+,38+,39-,40+,41+,42+/m0/s1. The van der Waals surface area contributed by atoms with Gasteiger partial charge in [0.2, 0.25) is 0 Å². The number of carbonyl (C=O) groups is 1. The van der Waals surface area contributed by atoms with E-state index in [1.54, 1.807) is 0 Å². The van der Waals surface area contributed by atoms with Crippen LogP contribution in [0.15, 0.2) is 11.6 Å².